The molecule has 3 nitrogen and oxygen atoms in total. The van der Waals surface area contributed by atoms with E-state index in [0.29, 0.717) is 13.2 Å². The van der Waals surface area contributed by atoms with Crippen LogP contribution in [0.2, 0.25) is 0 Å². The van der Waals surface area contributed by atoms with Crippen molar-refractivity contribution < 1.29 is 9.47 Å². The van der Waals surface area contributed by atoms with Gasteiger partial charge in [0, 0.05) is 24.9 Å². The Morgan fingerprint density at radius 2 is 1.93 bits per heavy atom. The van der Waals surface area contributed by atoms with Gasteiger partial charge in [0.25, 0.3) is 0 Å². The van der Waals surface area contributed by atoms with E-state index in [2.05, 4.69) is 31.9 Å². The first kappa shape index (κ1) is 18.0. The minimum atomic E-state index is 0.657. The molecule has 0 fully saturated rings. The number of halogens is 2. The molecule has 15 heavy (non-hydrogen) atoms. The van der Waals surface area contributed by atoms with E-state index >= 15 is 0 Å². The van der Waals surface area contributed by atoms with E-state index in [1.807, 2.05) is 6.08 Å². The zero-order valence-electron chi connectivity index (χ0n) is 9.47. The molecule has 0 aliphatic carbocycles. The van der Waals surface area contributed by atoms with Gasteiger partial charge in [-0.3, -0.25) is 0 Å². The van der Waals surface area contributed by atoms with Crippen molar-refractivity contribution in [2.75, 3.05) is 44.6 Å². The maximum absolute atomic E-state index is 5.11. The minimum Gasteiger partial charge on any atom is -0.381 e. The molecule has 0 bridgehead atoms. The molecule has 0 aromatic heterocycles. The van der Waals surface area contributed by atoms with Gasteiger partial charge < -0.3 is 15.2 Å². The van der Waals surface area contributed by atoms with Crippen molar-refractivity contribution in [3.05, 3.63) is 11.6 Å². The first-order valence-corrected chi connectivity index (χ1v) is 6.98. The highest BCUT2D eigenvalue weighted by atomic mass is 79.9. The number of alkyl halides is 2. The second-order valence-corrected chi connectivity index (χ2v) is 4.07. The van der Waals surface area contributed by atoms with Crippen LogP contribution in [-0.2, 0) is 9.47 Å². The van der Waals surface area contributed by atoms with Crippen LogP contribution in [0.15, 0.2) is 11.6 Å². The van der Waals surface area contributed by atoms with Crippen LogP contribution in [-0.4, -0.2) is 44.6 Å². The summed E-state index contributed by atoms with van der Waals surface area (Å²) in [5.74, 6) is 0. The summed E-state index contributed by atoms with van der Waals surface area (Å²) in [7, 11) is 3.36. The van der Waals surface area contributed by atoms with Crippen LogP contribution in [0.5, 0.6) is 0 Å². The quantitative estimate of drug-likeness (QED) is 0.568. The summed E-state index contributed by atoms with van der Waals surface area (Å²) in [5, 5.41) is 1.88. The molecule has 0 aliphatic heterocycles. The van der Waals surface area contributed by atoms with Gasteiger partial charge in [0.05, 0.1) is 13.2 Å². The summed E-state index contributed by atoms with van der Waals surface area (Å²) in [6.45, 7) is 2.13. The molecule has 92 valence electrons. The maximum Gasteiger partial charge on any atom is 0.0681 e. The van der Waals surface area contributed by atoms with Crippen LogP contribution in [0, 0.1) is 0 Å². The lowest BCUT2D eigenvalue weighted by atomic mass is 10.3. The predicted molar refractivity (Wildman–Crippen MR) is 73.1 cm³/mol. The third kappa shape index (κ3) is 17.2. The molecule has 0 rings (SSSR count). The number of hydrogen-bond donors (Lipinski definition) is 1. The summed E-state index contributed by atoms with van der Waals surface area (Å²) in [6, 6.07) is 0. The summed E-state index contributed by atoms with van der Waals surface area (Å²) >= 11 is 6.57. The third-order valence-corrected chi connectivity index (χ3v) is 2.66. The molecule has 0 atom stereocenters. The van der Waals surface area contributed by atoms with Crippen molar-refractivity contribution in [3.63, 3.8) is 0 Å². The zero-order valence-corrected chi connectivity index (χ0v) is 12.6. The molecule has 0 heterocycles. The van der Waals surface area contributed by atoms with E-state index in [9.17, 15) is 0 Å². The standard InChI is InChI=1S/C7H13BrO2.C3H8BrN/c1-9-4-3-7(5-8)6-10-2;4-2-1-3-5/h3H,4-6H2,1-2H3;1-3,5H2/b7-3-;. The van der Waals surface area contributed by atoms with E-state index < -0.39 is 0 Å². The molecule has 0 saturated carbocycles. The van der Waals surface area contributed by atoms with Gasteiger partial charge in [-0.1, -0.05) is 37.9 Å². The number of rotatable bonds is 7. The Kier molecular flexibility index (Phi) is 20.3. The number of methoxy groups -OCH3 is 2. The molecule has 0 aliphatic rings. The molecule has 0 unspecified atom stereocenters. The van der Waals surface area contributed by atoms with Gasteiger partial charge in [-0.05, 0) is 18.5 Å². The van der Waals surface area contributed by atoms with Gasteiger partial charge in [0.2, 0.25) is 0 Å². The van der Waals surface area contributed by atoms with Crippen LogP contribution in [0.1, 0.15) is 6.42 Å². The smallest absolute Gasteiger partial charge is 0.0681 e. The Morgan fingerprint density at radius 1 is 1.27 bits per heavy atom. The lowest BCUT2D eigenvalue weighted by Gasteiger charge is -2.00. The van der Waals surface area contributed by atoms with E-state index in [4.69, 9.17) is 15.2 Å². The number of nitrogens with two attached hydrogens (primary N) is 1. The van der Waals surface area contributed by atoms with E-state index in [-0.39, 0.29) is 0 Å². The first-order valence-electron chi connectivity index (χ1n) is 4.74. The predicted octanol–water partition coefficient (Wildman–Crippen LogP) is 2.33. The van der Waals surface area contributed by atoms with Crippen molar-refractivity contribution in [2.45, 2.75) is 6.42 Å². The highest BCUT2D eigenvalue weighted by Crippen LogP contribution is 1.99. The Bertz CT molecular complexity index is 141. The van der Waals surface area contributed by atoms with E-state index in [1.54, 1.807) is 14.2 Å². The molecule has 0 amide bonds. The summed E-state index contributed by atoms with van der Waals surface area (Å²) in [6.07, 6.45) is 3.10. The average molecular weight is 347 g/mol. The largest absolute Gasteiger partial charge is 0.381 e. The normalized spacial score (nSPS) is 10.9. The van der Waals surface area contributed by atoms with Gasteiger partial charge in [-0.2, -0.15) is 0 Å². The Balaban J connectivity index is 0. The molecule has 0 radical (unpaired) electrons. The van der Waals surface area contributed by atoms with Gasteiger partial charge in [0.1, 0.15) is 0 Å². The fraction of sp³-hybridized carbons (Fsp3) is 0.800. The number of ether oxygens (including phenoxy) is 2. The molecule has 5 heteroatoms. The molecule has 0 saturated heterocycles. The monoisotopic (exact) mass is 345 g/mol. The Labute approximate surface area is 110 Å². The third-order valence-electron chi connectivity index (χ3n) is 1.38. The molecular formula is C10H21Br2NO2. The van der Waals surface area contributed by atoms with Crippen molar-refractivity contribution >= 4 is 31.9 Å². The van der Waals surface area contributed by atoms with Crippen molar-refractivity contribution in [3.8, 4) is 0 Å². The van der Waals surface area contributed by atoms with Crippen LogP contribution >= 0.6 is 31.9 Å². The summed E-state index contributed by atoms with van der Waals surface area (Å²) in [5.41, 5.74) is 6.32. The lowest BCUT2D eigenvalue weighted by molar-refractivity contribution is 0.217. The first-order chi connectivity index (χ1) is 7.26. The van der Waals surface area contributed by atoms with Gasteiger partial charge >= 0.3 is 0 Å². The van der Waals surface area contributed by atoms with Crippen LogP contribution < -0.4 is 5.73 Å². The van der Waals surface area contributed by atoms with Crippen LogP contribution in [0.25, 0.3) is 0 Å². The highest BCUT2D eigenvalue weighted by Gasteiger charge is 1.91. The Hall–Kier alpha value is 0.580. The van der Waals surface area contributed by atoms with E-state index in [0.717, 1.165) is 23.6 Å². The van der Waals surface area contributed by atoms with Crippen LogP contribution in [0.4, 0.5) is 0 Å². The van der Waals surface area contributed by atoms with Gasteiger partial charge in [0.15, 0.2) is 0 Å². The fourth-order valence-corrected chi connectivity index (χ4v) is 1.33. The van der Waals surface area contributed by atoms with Gasteiger partial charge in [-0.25, -0.2) is 0 Å². The zero-order chi connectivity index (χ0) is 11.9. The average Bonchev–Trinajstić information content (AvgIpc) is 2.26. The van der Waals surface area contributed by atoms with Crippen molar-refractivity contribution in [1.29, 1.82) is 0 Å². The molecule has 0 spiro atoms. The Morgan fingerprint density at radius 3 is 2.20 bits per heavy atom. The summed E-state index contributed by atoms with van der Waals surface area (Å²) in [4.78, 5) is 0. The molecule has 2 N–H and O–H groups in total. The number of hydrogen-bond acceptors (Lipinski definition) is 3. The minimum absolute atomic E-state index is 0.657. The lowest BCUT2D eigenvalue weighted by Crippen LogP contribution is -1.97. The van der Waals surface area contributed by atoms with E-state index in [1.165, 1.54) is 5.57 Å². The fourth-order valence-electron chi connectivity index (χ4n) is 0.616. The maximum atomic E-state index is 5.11. The second kappa shape index (κ2) is 17.0. The van der Waals surface area contributed by atoms with Crippen molar-refractivity contribution in [2.24, 2.45) is 5.73 Å². The topological polar surface area (TPSA) is 44.5 Å². The van der Waals surface area contributed by atoms with Crippen molar-refractivity contribution in [1.82, 2.24) is 0 Å². The highest BCUT2D eigenvalue weighted by molar-refractivity contribution is 9.09. The second-order valence-electron chi connectivity index (χ2n) is 2.72. The molecule has 0 aromatic carbocycles. The molecule has 0 aromatic rings. The molecular weight excluding hydrogens is 326 g/mol. The van der Waals surface area contributed by atoms with Crippen LogP contribution in [0.3, 0.4) is 0 Å². The summed E-state index contributed by atoms with van der Waals surface area (Å²) < 4.78 is 9.81. The van der Waals surface area contributed by atoms with Gasteiger partial charge in [-0.15, -0.1) is 0 Å². The SMILES string of the molecule is COC/C=C(/CBr)COC.NCCCBr.